The summed E-state index contributed by atoms with van der Waals surface area (Å²) in [6.07, 6.45) is 5.22. The predicted molar refractivity (Wildman–Crippen MR) is 109 cm³/mol. The largest absolute Gasteiger partial charge is 0.380 e. The number of hydrogen-bond acceptors (Lipinski definition) is 6. The summed E-state index contributed by atoms with van der Waals surface area (Å²) in [6, 6.07) is -0.449. The Morgan fingerprint density at radius 3 is 2.83 bits per heavy atom. The monoisotopic (exact) mass is 436 g/mol. The SMILES string of the molecule is CCC1(c2nc(Cl)c3cnc(N[C@H]4CCN(C(=O)C5COC5)C[C@H]4F)nn23)CCC1. The number of carbonyl (C=O) groups is 1. The van der Waals surface area contributed by atoms with Crippen LogP contribution in [0.3, 0.4) is 0 Å². The van der Waals surface area contributed by atoms with E-state index in [4.69, 9.17) is 16.3 Å². The van der Waals surface area contributed by atoms with Gasteiger partial charge in [0.2, 0.25) is 11.9 Å². The number of carbonyl (C=O) groups excluding carboxylic acids is 1. The number of halogens is 2. The Morgan fingerprint density at radius 1 is 1.43 bits per heavy atom. The summed E-state index contributed by atoms with van der Waals surface area (Å²) in [5.41, 5.74) is 0.665. The van der Waals surface area contributed by atoms with Gasteiger partial charge < -0.3 is 15.0 Å². The summed E-state index contributed by atoms with van der Waals surface area (Å²) < 4.78 is 21.7. The van der Waals surface area contributed by atoms with E-state index >= 15 is 0 Å². The fourth-order valence-electron chi connectivity index (χ4n) is 4.67. The van der Waals surface area contributed by atoms with Gasteiger partial charge in [-0.2, -0.15) is 0 Å². The van der Waals surface area contributed by atoms with Gasteiger partial charge in [0, 0.05) is 12.0 Å². The second-order valence-corrected chi connectivity index (χ2v) is 9.02. The number of amides is 1. The number of piperidine rings is 1. The van der Waals surface area contributed by atoms with Gasteiger partial charge in [-0.15, -0.1) is 5.10 Å². The molecule has 4 heterocycles. The molecule has 3 fully saturated rings. The third-order valence-corrected chi connectivity index (χ3v) is 7.24. The molecule has 0 bridgehead atoms. The van der Waals surface area contributed by atoms with Crippen LogP contribution < -0.4 is 5.32 Å². The molecule has 3 aliphatic rings. The lowest BCUT2D eigenvalue weighted by Crippen LogP contribution is -2.54. The molecule has 0 spiro atoms. The molecule has 0 aromatic carbocycles. The van der Waals surface area contributed by atoms with Gasteiger partial charge in [0.05, 0.1) is 37.9 Å². The lowest BCUT2D eigenvalue weighted by atomic mass is 9.66. The van der Waals surface area contributed by atoms with Gasteiger partial charge in [-0.05, 0) is 25.7 Å². The molecule has 2 atom stereocenters. The molecule has 0 unspecified atom stereocenters. The van der Waals surface area contributed by atoms with Crippen LogP contribution in [0, 0.1) is 5.92 Å². The molecule has 2 aromatic heterocycles. The van der Waals surface area contributed by atoms with Gasteiger partial charge >= 0.3 is 0 Å². The molecule has 8 nitrogen and oxygen atoms in total. The normalized spacial score (nSPS) is 26.3. The number of likely N-dealkylation sites (tertiary alicyclic amines) is 1. The van der Waals surface area contributed by atoms with Gasteiger partial charge in [-0.1, -0.05) is 24.9 Å². The number of alkyl halides is 1. The number of imidazole rings is 1. The van der Waals surface area contributed by atoms with Crippen LogP contribution in [-0.4, -0.2) is 68.9 Å². The first-order valence-corrected chi connectivity index (χ1v) is 11.1. The maximum Gasteiger partial charge on any atom is 0.241 e. The van der Waals surface area contributed by atoms with Crippen LogP contribution in [0.4, 0.5) is 10.3 Å². The zero-order chi connectivity index (χ0) is 20.9. The fraction of sp³-hybridized carbons (Fsp3) is 0.700. The maximum absolute atomic E-state index is 14.9. The summed E-state index contributed by atoms with van der Waals surface area (Å²) in [7, 11) is 0. The van der Waals surface area contributed by atoms with E-state index in [2.05, 4.69) is 27.3 Å². The highest BCUT2D eigenvalue weighted by Gasteiger charge is 2.42. The van der Waals surface area contributed by atoms with Gasteiger partial charge in [-0.25, -0.2) is 18.9 Å². The molecule has 30 heavy (non-hydrogen) atoms. The third kappa shape index (κ3) is 3.22. The molecule has 2 aromatic rings. The minimum atomic E-state index is -1.19. The average molecular weight is 437 g/mol. The Kier molecular flexibility index (Phi) is 5.05. The number of rotatable bonds is 5. The van der Waals surface area contributed by atoms with Gasteiger partial charge in [0.1, 0.15) is 17.5 Å². The van der Waals surface area contributed by atoms with Crippen molar-refractivity contribution < 1.29 is 13.9 Å². The second kappa shape index (κ2) is 7.60. The van der Waals surface area contributed by atoms with E-state index in [1.807, 2.05) is 0 Å². The quantitative estimate of drug-likeness (QED) is 0.775. The number of nitrogens with one attached hydrogen (secondary N) is 1. The standard InChI is InChI=1S/C20H26ClFN6O2/c1-2-20(5-3-6-20)18-25-16(21)15-8-23-19(26-28(15)18)24-14-4-7-27(9-13(14)22)17(29)12-10-30-11-12/h8,12-14H,2-7,9-11H2,1H3,(H,24,26)/t13-,14+/m1/s1. The number of anilines is 1. The van der Waals surface area contributed by atoms with Crippen LogP contribution in [0.15, 0.2) is 6.20 Å². The maximum atomic E-state index is 14.9. The smallest absolute Gasteiger partial charge is 0.241 e. The van der Waals surface area contributed by atoms with Crippen LogP contribution in [-0.2, 0) is 14.9 Å². The van der Waals surface area contributed by atoms with Crippen molar-refractivity contribution in [3.8, 4) is 0 Å². The van der Waals surface area contributed by atoms with E-state index in [0.717, 1.165) is 25.1 Å². The molecule has 1 N–H and O–H groups in total. The van der Waals surface area contributed by atoms with Crippen molar-refractivity contribution in [3.63, 3.8) is 0 Å². The minimum absolute atomic E-state index is 0.00124. The van der Waals surface area contributed by atoms with Gasteiger partial charge in [0.15, 0.2) is 5.15 Å². The number of hydrogen-bond donors (Lipinski definition) is 1. The van der Waals surface area contributed by atoms with Crippen LogP contribution in [0.2, 0.25) is 5.15 Å². The molecule has 162 valence electrons. The average Bonchev–Trinajstić information content (AvgIpc) is 2.98. The van der Waals surface area contributed by atoms with E-state index < -0.39 is 12.2 Å². The van der Waals surface area contributed by atoms with E-state index in [1.165, 1.54) is 6.42 Å². The van der Waals surface area contributed by atoms with E-state index in [9.17, 15) is 9.18 Å². The summed E-state index contributed by atoms with van der Waals surface area (Å²) in [6.45, 7) is 3.63. The van der Waals surface area contributed by atoms with Crippen LogP contribution in [0.1, 0.15) is 44.9 Å². The van der Waals surface area contributed by atoms with Crippen molar-refractivity contribution in [3.05, 3.63) is 17.2 Å². The van der Waals surface area contributed by atoms with E-state index in [1.54, 1.807) is 15.6 Å². The van der Waals surface area contributed by atoms with Crippen molar-refractivity contribution >= 4 is 29.0 Å². The third-order valence-electron chi connectivity index (χ3n) is 6.96. The number of nitrogens with zero attached hydrogens (tertiary/aromatic N) is 5. The molecule has 5 rings (SSSR count). The van der Waals surface area contributed by atoms with Gasteiger partial charge in [0.25, 0.3) is 0 Å². The molecule has 2 aliphatic heterocycles. The zero-order valence-corrected chi connectivity index (χ0v) is 17.7. The van der Waals surface area contributed by atoms with Crippen molar-refractivity contribution in [1.29, 1.82) is 0 Å². The molecule has 0 radical (unpaired) electrons. The minimum Gasteiger partial charge on any atom is -0.380 e. The van der Waals surface area contributed by atoms with Crippen molar-refractivity contribution in [2.24, 2.45) is 5.92 Å². The molecule has 1 saturated carbocycles. The Hall–Kier alpha value is -2.00. The van der Waals surface area contributed by atoms with Crippen molar-refractivity contribution in [1.82, 2.24) is 24.5 Å². The Labute approximate surface area is 179 Å². The summed E-state index contributed by atoms with van der Waals surface area (Å²) in [5, 5.41) is 8.13. The topological polar surface area (TPSA) is 84.7 Å². The highest BCUT2D eigenvalue weighted by molar-refractivity contribution is 6.32. The predicted octanol–water partition coefficient (Wildman–Crippen LogP) is 2.61. The number of aromatic nitrogens is 4. The first-order chi connectivity index (χ1) is 14.5. The Bertz CT molecular complexity index is 955. The lowest BCUT2D eigenvalue weighted by molar-refractivity contribution is -0.152. The van der Waals surface area contributed by atoms with Gasteiger partial charge in [-0.3, -0.25) is 4.79 Å². The van der Waals surface area contributed by atoms with Crippen LogP contribution in [0.25, 0.3) is 5.52 Å². The number of fused-ring (bicyclic) bond motifs is 1. The molecule has 10 heteroatoms. The first kappa shape index (κ1) is 19.9. The highest BCUT2D eigenvalue weighted by atomic mass is 35.5. The second-order valence-electron chi connectivity index (χ2n) is 8.67. The molecular weight excluding hydrogens is 411 g/mol. The Balaban J connectivity index is 1.33. The first-order valence-electron chi connectivity index (χ1n) is 10.7. The fourth-order valence-corrected chi connectivity index (χ4v) is 4.88. The van der Waals surface area contributed by atoms with E-state index in [0.29, 0.717) is 42.8 Å². The highest BCUT2D eigenvalue weighted by Crippen LogP contribution is 2.46. The van der Waals surface area contributed by atoms with Crippen LogP contribution >= 0.6 is 11.6 Å². The van der Waals surface area contributed by atoms with Crippen LogP contribution in [0.5, 0.6) is 0 Å². The number of ether oxygens (including phenoxy) is 1. The summed E-state index contributed by atoms with van der Waals surface area (Å²) >= 11 is 6.34. The lowest BCUT2D eigenvalue weighted by Gasteiger charge is -2.39. The van der Waals surface area contributed by atoms with Crippen molar-refractivity contribution in [2.45, 2.75) is 56.7 Å². The molecule has 1 aliphatic carbocycles. The summed E-state index contributed by atoms with van der Waals surface area (Å²) in [5.74, 6) is 1.09. The molecular formula is C20H26ClFN6O2. The molecule has 1 amide bonds. The molecule has 2 saturated heterocycles. The Morgan fingerprint density at radius 2 is 2.23 bits per heavy atom. The zero-order valence-electron chi connectivity index (χ0n) is 17.0. The summed E-state index contributed by atoms with van der Waals surface area (Å²) in [4.78, 5) is 22.9. The van der Waals surface area contributed by atoms with E-state index in [-0.39, 0.29) is 23.8 Å². The van der Waals surface area contributed by atoms with Crippen molar-refractivity contribution in [2.75, 3.05) is 31.6 Å².